The van der Waals surface area contributed by atoms with Gasteiger partial charge < -0.3 is 24.8 Å². The third-order valence-corrected chi connectivity index (χ3v) is 3.07. The quantitative estimate of drug-likeness (QED) is 0.842. The maximum atomic E-state index is 11.9. The number of carbonyl (C=O) groups is 1. The van der Waals surface area contributed by atoms with Crippen LogP contribution in [0.25, 0.3) is 0 Å². The predicted molar refractivity (Wildman–Crippen MR) is 68.4 cm³/mol. The van der Waals surface area contributed by atoms with E-state index in [-0.39, 0.29) is 18.8 Å². The Kier molecular flexibility index (Phi) is 3.52. The van der Waals surface area contributed by atoms with Gasteiger partial charge in [-0.1, -0.05) is 0 Å². The summed E-state index contributed by atoms with van der Waals surface area (Å²) < 4.78 is 16.0. The molecule has 2 aliphatic heterocycles. The second-order valence-corrected chi connectivity index (χ2v) is 4.52. The number of benzene rings is 1. The highest BCUT2D eigenvalue weighted by atomic mass is 16.7. The minimum atomic E-state index is -0.0624. The Labute approximate surface area is 111 Å². The van der Waals surface area contributed by atoms with Crippen molar-refractivity contribution < 1.29 is 19.0 Å². The van der Waals surface area contributed by atoms with E-state index in [1.165, 1.54) is 0 Å². The van der Waals surface area contributed by atoms with Crippen LogP contribution in [0, 0.1) is 0 Å². The van der Waals surface area contributed by atoms with E-state index >= 15 is 0 Å². The van der Waals surface area contributed by atoms with Gasteiger partial charge in [0.25, 0.3) is 0 Å². The van der Waals surface area contributed by atoms with Crippen LogP contribution in [0.2, 0.25) is 0 Å². The third-order valence-electron chi connectivity index (χ3n) is 3.07. The molecule has 2 heterocycles. The minimum absolute atomic E-state index is 0.0530. The number of amides is 1. The Bertz CT molecular complexity index is 472. The van der Waals surface area contributed by atoms with Crippen LogP contribution in [0.4, 0.5) is 5.69 Å². The largest absolute Gasteiger partial charge is 0.454 e. The lowest BCUT2D eigenvalue weighted by Crippen LogP contribution is -2.40. The van der Waals surface area contributed by atoms with Crippen LogP contribution < -0.4 is 20.1 Å². The van der Waals surface area contributed by atoms with Crippen molar-refractivity contribution in [2.45, 2.75) is 12.5 Å². The zero-order valence-corrected chi connectivity index (χ0v) is 10.5. The highest BCUT2D eigenvalue weighted by Crippen LogP contribution is 2.34. The number of anilines is 1. The zero-order chi connectivity index (χ0) is 13.1. The van der Waals surface area contributed by atoms with Crippen molar-refractivity contribution in [1.29, 1.82) is 0 Å². The monoisotopic (exact) mass is 264 g/mol. The fraction of sp³-hybridized carbons (Fsp3) is 0.462. The van der Waals surface area contributed by atoms with E-state index in [2.05, 4.69) is 10.6 Å². The van der Waals surface area contributed by atoms with Crippen molar-refractivity contribution in [2.24, 2.45) is 0 Å². The van der Waals surface area contributed by atoms with E-state index < -0.39 is 0 Å². The van der Waals surface area contributed by atoms with E-state index in [9.17, 15) is 4.79 Å². The average molecular weight is 264 g/mol. The van der Waals surface area contributed by atoms with Gasteiger partial charge in [0.05, 0.1) is 19.1 Å². The summed E-state index contributed by atoms with van der Waals surface area (Å²) in [5.74, 6) is 1.30. The van der Waals surface area contributed by atoms with Crippen LogP contribution in [-0.4, -0.2) is 38.5 Å². The molecular weight excluding hydrogens is 248 g/mol. The second kappa shape index (κ2) is 5.46. The normalized spacial score (nSPS) is 21.2. The van der Waals surface area contributed by atoms with E-state index in [0.29, 0.717) is 36.8 Å². The van der Waals surface area contributed by atoms with Crippen molar-refractivity contribution >= 4 is 11.6 Å². The molecule has 6 heteroatoms. The molecule has 0 spiro atoms. The zero-order valence-electron chi connectivity index (χ0n) is 10.5. The molecule has 102 valence electrons. The summed E-state index contributed by atoms with van der Waals surface area (Å²) in [7, 11) is 0. The first kappa shape index (κ1) is 12.3. The van der Waals surface area contributed by atoms with E-state index in [0.717, 1.165) is 6.54 Å². The first-order chi connectivity index (χ1) is 9.31. The molecule has 3 rings (SSSR count). The number of rotatable bonds is 3. The van der Waals surface area contributed by atoms with Gasteiger partial charge in [-0.3, -0.25) is 4.79 Å². The van der Waals surface area contributed by atoms with Crippen LogP contribution in [0.3, 0.4) is 0 Å². The molecule has 0 aromatic heterocycles. The number of hydrogen-bond acceptors (Lipinski definition) is 5. The first-order valence-electron chi connectivity index (χ1n) is 6.33. The van der Waals surface area contributed by atoms with Gasteiger partial charge in [-0.05, 0) is 12.1 Å². The molecule has 1 unspecified atom stereocenters. The smallest absolute Gasteiger partial charge is 0.231 e. The summed E-state index contributed by atoms with van der Waals surface area (Å²) in [5.41, 5.74) is 0.706. The molecule has 2 N–H and O–H groups in total. The number of hydrogen-bond donors (Lipinski definition) is 2. The van der Waals surface area contributed by atoms with Gasteiger partial charge in [-0.25, -0.2) is 0 Å². The number of nitrogens with one attached hydrogen (secondary N) is 2. The molecule has 1 amide bonds. The third kappa shape index (κ3) is 2.97. The van der Waals surface area contributed by atoms with Crippen LogP contribution in [-0.2, 0) is 9.53 Å². The Morgan fingerprint density at radius 3 is 3.11 bits per heavy atom. The summed E-state index contributed by atoms with van der Waals surface area (Å²) in [4.78, 5) is 11.9. The molecule has 19 heavy (non-hydrogen) atoms. The number of morpholine rings is 1. The Morgan fingerprint density at radius 2 is 2.26 bits per heavy atom. The van der Waals surface area contributed by atoms with Gasteiger partial charge in [0.2, 0.25) is 12.7 Å². The SMILES string of the molecule is O=C(CC1CNCCO1)Nc1ccc2c(c1)OCO2. The molecule has 0 bridgehead atoms. The van der Waals surface area contributed by atoms with Crippen molar-refractivity contribution in [3.05, 3.63) is 18.2 Å². The molecule has 6 nitrogen and oxygen atoms in total. The van der Waals surface area contributed by atoms with Crippen LogP contribution in [0.5, 0.6) is 11.5 Å². The summed E-state index contributed by atoms with van der Waals surface area (Å²) >= 11 is 0. The molecular formula is C13H16N2O4. The molecule has 1 saturated heterocycles. The van der Waals surface area contributed by atoms with Gasteiger partial charge in [0.15, 0.2) is 11.5 Å². The summed E-state index contributed by atoms with van der Waals surface area (Å²) in [5, 5.41) is 6.03. The van der Waals surface area contributed by atoms with Crippen molar-refractivity contribution in [2.75, 3.05) is 31.8 Å². The molecule has 0 radical (unpaired) electrons. The lowest BCUT2D eigenvalue weighted by Gasteiger charge is -2.23. The van der Waals surface area contributed by atoms with Gasteiger partial charge in [-0.15, -0.1) is 0 Å². The van der Waals surface area contributed by atoms with Gasteiger partial charge in [0, 0.05) is 24.8 Å². The molecule has 1 aromatic rings. The van der Waals surface area contributed by atoms with E-state index in [1.807, 2.05) is 0 Å². The summed E-state index contributed by atoms with van der Waals surface area (Å²) in [6.07, 6.45) is 0.296. The fourth-order valence-electron chi connectivity index (χ4n) is 2.14. The van der Waals surface area contributed by atoms with Gasteiger partial charge >= 0.3 is 0 Å². The molecule has 1 atom stereocenters. The van der Waals surface area contributed by atoms with Crippen molar-refractivity contribution in [3.63, 3.8) is 0 Å². The van der Waals surface area contributed by atoms with Gasteiger partial charge in [-0.2, -0.15) is 0 Å². The highest BCUT2D eigenvalue weighted by Gasteiger charge is 2.18. The maximum Gasteiger partial charge on any atom is 0.231 e. The number of fused-ring (bicyclic) bond motifs is 1. The topological polar surface area (TPSA) is 68.8 Å². The van der Waals surface area contributed by atoms with E-state index in [4.69, 9.17) is 14.2 Å². The van der Waals surface area contributed by atoms with Crippen molar-refractivity contribution in [3.8, 4) is 11.5 Å². The maximum absolute atomic E-state index is 11.9. The van der Waals surface area contributed by atoms with Crippen LogP contribution in [0.1, 0.15) is 6.42 Å². The Morgan fingerprint density at radius 1 is 1.37 bits per heavy atom. The van der Waals surface area contributed by atoms with Crippen LogP contribution >= 0.6 is 0 Å². The number of ether oxygens (including phenoxy) is 3. The Balaban J connectivity index is 1.56. The Hall–Kier alpha value is -1.79. The fourth-order valence-corrected chi connectivity index (χ4v) is 2.14. The van der Waals surface area contributed by atoms with Gasteiger partial charge in [0.1, 0.15) is 0 Å². The standard InChI is InChI=1S/C13H16N2O4/c16-13(6-10-7-14-3-4-17-10)15-9-1-2-11-12(5-9)19-8-18-11/h1-2,5,10,14H,3-4,6-8H2,(H,15,16). The van der Waals surface area contributed by atoms with Crippen molar-refractivity contribution in [1.82, 2.24) is 5.32 Å². The average Bonchev–Trinajstić information content (AvgIpc) is 2.87. The summed E-state index contributed by atoms with van der Waals surface area (Å²) in [6, 6.07) is 5.35. The molecule has 1 aromatic carbocycles. The first-order valence-corrected chi connectivity index (χ1v) is 6.33. The molecule has 2 aliphatic rings. The lowest BCUT2D eigenvalue weighted by molar-refractivity contribution is -0.119. The highest BCUT2D eigenvalue weighted by molar-refractivity contribution is 5.91. The molecule has 0 saturated carbocycles. The lowest BCUT2D eigenvalue weighted by atomic mass is 10.2. The van der Waals surface area contributed by atoms with Crippen LogP contribution in [0.15, 0.2) is 18.2 Å². The number of carbonyl (C=O) groups excluding carboxylic acids is 1. The predicted octanol–water partition coefficient (Wildman–Crippen LogP) is 0.732. The minimum Gasteiger partial charge on any atom is -0.454 e. The molecule has 0 aliphatic carbocycles. The van der Waals surface area contributed by atoms with E-state index in [1.54, 1.807) is 18.2 Å². The summed E-state index contributed by atoms with van der Waals surface area (Å²) in [6.45, 7) is 2.45. The second-order valence-electron chi connectivity index (χ2n) is 4.52. The molecule has 1 fully saturated rings.